The van der Waals surface area contributed by atoms with Crippen LogP contribution in [0.1, 0.15) is 25.0 Å². The van der Waals surface area contributed by atoms with Crippen LogP contribution in [0, 0.1) is 0 Å². The summed E-state index contributed by atoms with van der Waals surface area (Å²) in [6.45, 7) is 0.381. The van der Waals surface area contributed by atoms with Gasteiger partial charge in [0.25, 0.3) is 0 Å². The average Bonchev–Trinajstić information content (AvgIpc) is 3.28. The Hall–Kier alpha value is -2.79. The predicted octanol–water partition coefficient (Wildman–Crippen LogP) is 3.52. The maximum absolute atomic E-state index is 13.0. The highest BCUT2D eigenvalue weighted by molar-refractivity contribution is 5.77. The first-order chi connectivity index (χ1) is 12.8. The molecule has 1 aromatic heterocycles. The second-order valence-electron chi connectivity index (χ2n) is 7.00. The summed E-state index contributed by atoms with van der Waals surface area (Å²) in [5.41, 5.74) is 8.52. The largest absolute Gasteiger partial charge is 0.467 e. The molecule has 2 unspecified atom stereocenters. The molecule has 0 spiro atoms. The number of nitrogens with one attached hydrogen (secondary N) is 2. The van der Waals surface area contributed by atoms with E-state index in [1.54, 1.807) is 11.3 Å². The highest BCUT2D eigenvalue weighted by Gasteiger charge is 2.44. The van der Waals surface area contributed by atoms with E-state index in [9.17, 15) is 4.79 Å². The van der Waals surface area contributed by atoms with E-state index in [1.807, 2.05) is 12.1 Å². The number of amides is 2. The fourth-order valence-corrected chi connectivity index (χ4v) is 4.24. The predicted molar refractivity (Wildman–Crippen MR) is 98.8 cm³/mol. The summed E-state index contributed by atoms with van der Waals surface area (Å²) in [6, 6.07) is 3.68. The van der Waals surface area contributed by atoms with Crippen molar-refractivity contribution in [3.8, 4) is 0 Å². The lowest BCUT2D eigenvalue weighted by atomic mass is 9.85. The first-order valence-electron chi connectivity index (χ1n) is 9.15. The Labute approximate surface area is 152 Å². The van der Waals surface area contributed by atoms with Gasteiger partial charge in [-0.1, -0.05) is 36.5 Å². The highest BCUT2D eigenvalue weighted by Crippen LogP contribution is 2.40. The number of furan rings is 1. The summed E-state index contributed by atoms with van der Waals surface area (Å²) in [5.74, 6) is 0.747. The molecule has 2 heterocycles. The molecule has 1 aromatic rings. The fraction of sp³-hybridized carbons (Fsp3) is 0.286. The Kier molecular flexibility index (Phi) is 3.68. The van der Waals surface area contributed by atoms with Crippen LogP contribution in [0.15, 0.2) is 81.6 Å². The summed E-state index contributed by atoms with van der Waals surface area (Å²) in [6.07, 6.45) is 17.8. The molecule has 3 aliphatic carbocycles. The Morgan fingerprint density at radius 2 is 2.23 bits per heavy atom. The van der Waals surface area contributed by atoms with Gasteiger partial charge in [0.2, 0.25) is 0 Å². The van der Waals surface area contributed by atoms with Gasteiger partial charge >= 0.3 is 6.03 Å². The zero-order valence-corrected chi connectivity index (χ0v) is 14.4. The lowest BCUT2D eigenvalue weighted by Crippen LogP contribution is -2.49. The smallest absolute Gasteiger partial charge is 0.333 e. The molecule has 0 radical (unpaired) electrons. The van der Waals surface area contributed by atoms with Crippen molar-refractivity contribution in [2.75, 3.05) is 0 Å². The Balaban J connectivity index is 1.48. The van der Waals surface area contributed by atoms with Crippen molar-refractivity contribution in [1.82, 2.24) is 15.8 Å². The zero-order chi connectivity index (χ0) is 17.5. The molecule has 5 rings (SSSR count). The van der Waals surface area contributed by atoms with Crippen LogP contribution in [-0.4, -0.2) is 23.1 Å². The number of rotatable bonds is 2. The Morgan fingerprint density at radius 3 is 3.12 bits per heavy atom. The molecule has 5 heteroatoms. The maximum atomic E-state index is 13.0. The molecule has 4 aliphatic rings. The van der Waals surface area contributed by atoms with Crippen molar-refractivity contribution in [2.45, 2.75) is 37.9 Å². The van der Waals surface area contributed by atoms with Gasteiger partial charge in [-0.15, -0.1) is 0 Å². The van der Waals surface area contributed by atoms with Gasteiger partial charge in [-0.3, -0.25) is 0 Å². The van der Waals surface area contributed by atoms with Crippen LogP contribution >= 0.6 is 0 Å². The van der Waals surface area contributed by atoms with Gasteiger partial charge < -0.3 is 9.73 Å². The summed E-state index contributed by atoms with van der Waals surface area (Å²) in [7, 11) is 0. The standard InChI is InChI=1S/C21H21N3O2/c25-21(22-13-16-7-4-12-26-16)24-20-17-8-2-1-5-14(17)10-11-15-6-3-9-18(23-24)19(15)20/h2-4,6-8,10-12,18,20,23H,1,5,9,13H2,(H,22,25). The normalized spacial score (nSPS) is 26.1. The number of hydrazine groups is 1. The van der Waals surface area contributed by atoms with Crippen molar-refractivity contribution in [3.05, 3.63) is 82.9 Å². The average molecular weight is 347 g/mol. The molecule has 132 valence electrons. The minimum atomic E-state index is -0.125. The van der Waals surface area contributed by atoms with Crippen LogP contribution in [0.2, 0.25) is 0 Å². The molecule has 1 fully saturated rings. The number of allylic oxidation sites excluding steroid dienone is 6. The lowest BCUT2D eigenvalue weighted by molar-refractivity contribution is 0.173. The van der Waals surface area contributed by atoms with Crippen molar-refractivity contribution >= 4 is 6.03 Å². The third-order valence-electron chi connectivity index (χ3n) is 5.45. The van der Waals surface area contributed by atoms with Gasteiger partial charge in [0, 0.05) is 0 Å². The number of hydrogen-bond acceptors (Lipinski definition) is 3. The van der Waals surface area contributed by atoms with Crippen LogP contribution in [0.3, 0.4) is 0 Å². The first kappa shape index (κ1) is 15.5. The molecule has 26 heavy (non-hydrogen) atoms. The number of nitrogens with zero attached hydrogens (tertiary/aromatic N) is 1. The third-order valence-corrected chi connectivity index (χ3v) is 5.45. The summed E-state index contributed by atoms with van der Waals surface area (Å²) < 4.78 is 5.32. The molecule has 2 atom stereocenters. The second-order valence-corrected chi connectivity index (χ2v) is 7.00. The quantitative estimate of drug-likeness (QED) is 0.861. The van der Waals surface area contributed by atoms with Crippen molar-refractivity contribution in [2.24, 2.45) is 0 Å². The molecule has 0 aromatic carbocycles. The third kappa shape index (κ3) is 2.47. The van der Waals surface area contributed by atoms with Gasteiger partial charge in [0.05, 0.1) is 24.9 Å². The van der Waals surface area contributed by atoms with Gasteiger partial charge in [0.15, 0.2) is 0 Å². The Bertz CT molecular complexity index is 886. The molecule has 1 aliphatic heterocycles. The zero-order valence-electron chi connectivity index (χ0n) is 14.4. The van der Waals surface area contributed by atoms with Crippen LogP contribution in [0.4, 0.5) is 4.79 Å². The Morgan fingerprint density at radius 1 is 1.27 bits per heavy atom. The monoisotopic (exact) mass is 347 g/mol. The van der Waals surface area contributed by atoms with E-state index < -0.39 is 0 Å². The molecule has 0 bridgehead atoms. The molecule has 2 amide bonds. The van der Waals surface area contributed by atoms with E-state index in [0.29, 0.717) is 6.54 Å². The molecular formula is C21H21N3O2. The lowest BCUT2D eigenvalue weighted by Gasteiger charge is -2.28. The number of hydrogen-bond donors (Lipinski definition) is 2. The van der Waals surface area contributed by atoms with Crippen LogP contribution in [-0.2, 0) is 6.54 Å². The second kappa shape index (κ2) is 6.18. The minimum Gasteiger partial charge on any atom is -0.467 e. The summed E-state index contributed by atoms with van der Waals surface area (Å²) >= 11 is 0. The van der Waals surface area contributed by atoms with Crippen LogP contribution < -0.4 is 10.7 Å². The van der Waals surface area contributed by atoms with Crippen molar-refractivity contribution in [1.29, 1.82) is 0 Å². The highest BCUT2D eigenvalue weighted by atomic mass is 16.3. The van der Waals surface area contributed by atoms with Gasteiger partial charge in [-0.25, -0.2) is 15.2 Å². The molecule has 5 nitrogen and oxygen atoms in total. The van der Waals surface area contributed by atoms with E-state index in [-0.39, 0.29) is 18.1 Å². The van der Waals surface area contributed by atoms with Crippen LogP contribution in [0.5, 0.6) is 0 Å². The van der Waals surface area contributed by atoms with E-state index in [2.05, 4.69) is 47.2 Å². The van der Waals surface area contributed by atoms with Gasteiger partial charge in [0.1, 0.15) is 5.76 Å². The van der Waals surface area contributed by atoms with Gasteiger partial charge in [-0.05, 0) is 53.7 Å². The van der Waals surface area contributed by atoms with Crippen molar-refractivity contribution in [3.63, 3.8) is 0 Å². The maximum Gasteiger partial charge on any atom is 0.333 e. The SMILES string of the molecule is O=C(NCc1ccco1)N1NC2CC=CC3=C2C1C1=C(C=C3)CCC=C1. The number of urea groups is 1. The summed E-state index contributed by atoms with van der Waals surface area (Å²) in [4.78, 5) is 13.0. The van der Waals surface area contributed by atoms with E-state index in [4.69, 9.17) is 4.42 Å². The van der Waals surface area contributed by atoms with E-state index in [1.165, 1.54) is 22.3 Å². The molecule has 1 saturated heterocycles. The van der Waals surface area contributed by atoms with Gasteiger partial charge in [-0.2, -0.15) is 0 Å². The molecule has 0 saturated carbocycles. The molecule has 2 N–H and O–H groups in total. The number of carbonyl (C=O) groups excluding carboxylic acids is 1. The summed E-state index contributed by atoms with van der Waals surface area (Å²) in [5, 5.41) is 4.75. The number of fused-ring (bicyclic) bond motifs is 1. The van der Waals surface area contributed by atoms with E-state index in [0.717, 1.165) is 25.0 Å². The van der Waals surface area contributed by atoms with Crippen LogP contribution in [0.25, 0.3) is 0 Å². The number of carbonyl (C=O) groups is 1. The minimum absolute atomic E-state index is 0.0573. The van der Waals surface area contributed by atoms with Crippen molar-refractivity contribution < 1.29 is 9.21 Å². The first-order valence-corrected chi connectivity index (χ1v) is 9.15. The molecular weight excluding hydrogens is 326 g/mol. The topological polar surface area (TPSA) is 57.5 Å². The fourth-order valence-electron chi connectivity index (χ4n) is 4.24. The van der Waals surface area contributed by atoms with E-state index >= 15 is 0 Å².